The minimum atomic E-state index is -0.455. The maximum Gasteiger partial charge on any atom is 0.0726 e. The first-order chi connectivity index (χ1) is 41.4. The molecule has 17 rings (SSSR count). The normalized spacial score (nSPS) is 14.6. The van der Waals surface area contributed by atoms with Crippen LogP contribution in [0.1, 0.15) is 88.9 Å². The van der Waals surface area contributed by atoms with Gasteiger partial charge in [-0.25, -0.2) is 0 Å². The fourth-order valence-corrected chi connectivity index (χ4v) is 17.0. The average molecular weight is 1110 g/mol. The molecule has 2 nitrogen and oxygen atoms in total. The Kier molecular flexibility index (Phi) is 10.6. The Hall–Kier alpha value is -9.54. The van der Waals surface area contributed by atoms with Crippen molar-refractivity contribution in [1.29, 1.82) is 0 Å². The SMILES string of the molecule is Cc1ccc2c(c1)C(C)(C)c1cc(N(c3ccc(-c4ccc(N(c5ccc6c(c5)sc5ccccc56)c5cccc6c5-c5ccccc5C65c6ccccc6-c6ccccc65)cc4)c(C)c3)c3ccc4c(c3)C(C)(C)c3cc(C)ccc3-4)ccc1-2. The van der Waals surface area contributed by atoms with Gasteiger partial charge in [0.1, 0.15) is 0 Å². The standard InChI is InChI=1S/C82H62N2S/c1-49-27-37-61-63-40-34-55(46-74(63)80(4,5)72(61)43-49)83(56-35-41-64-62-38-28-50(2)44-73(62)81(6,7)75(64)47-56)54-33-39-58(51(3)45-54)52-29-31-53(32-30-52)84(57-36-42-66-65-19-11-15-26-77(65)85-78(66)48-57)76-25-16-24-71-79(76)67-20-10-14-23-70(67)82(71)68-21-12-8-17-59(68)60-18-9-13-22-69(60)82/h8-48H,1-7H3. The number of anilines is 6. The Morgan fingerprint density at radius 1 is 0.294 bits per heavy atom. The second-order valence-corrected chi connectivity index (χ2v) is 26.5. The second-order valence-electron chi connectivity index (χ2n) is 25.4. The first-order valence-corrected chi connectivity index (χ1v) is 30.9. The molecular weight excluding hydrogens is 1040 g/mol. The number of hydrogen-bond acceptors (Lipinski definition) is 3. The Morgan fingerprint density at radius 2 is 0.729 bits per heavy atom. The number of benzene rings is 12. The van der Waals surface area contributed by atoms with Gasteiger partial charge in [0.15, 0.2) is 0 Å². The van der Waals surface area contributed by atoms with E-state index < -0.39 is 5.41 Å². The van der Waals surface area contributed by atoms with Gasteiger partial charge in [0, 0.05) is 65.0 Å². The highest BCUT2D eigenvalue weighted by Crippen LogP contribution is 2.65. The average Bonchev–Trinajstić information content (AvgIpc) is 1.52. The molecule has 1 aromatic heterocycles. The van der Waals surface area contributed by atoms with Crippen molar-refractivity contribution in [2.75, 3.05) is 9.80 Å². The van der Waals surface area contributed by atoms with Crippen molar-refractivity contribution in [3.05, 3.63) is 310 Å². The van der Waals surface area contributed by atoms with Crippen molar-refractivity contribution in [1.82, 2.24) is 0 Å². The molecule has 0 atom stereocenters. The largest absolute Gasteiger partial charge is 0.310 e. The third-order valence-corrected chi connectivity index (χ3v) is 21.0. The van der Waals surface area contributed by atoms with Crippen molar-refractivity contribution in [3.8, 4) is 55.6 Å². The highest BCUT2D eigenvalue weighted by molar-refractivity contribution is 7.25. The van der Waals surface area contributed by atoms with E-state index in [1.165, 1.54) is 143 Å². The predicted octanol–water partition coefficient (Wildman–Crippen LogP) is 22.5. The zero-order valence-electron chi connectivity index (χ0n) is 49.0. The molecule has 0 saturated heterocycles. The van der Waals surface area contributed by atoms with Gasteiger partial charge in [-0.3, -0.25) is 0 Å². The zero-order valence-corrected chi connectivity index (χ0v) is 49.8. The van der Waals surface area contributed by atoms with Gasteiger partial charge in [-0.15, -0.1) is 11.3 Å². The lowest BCUT2D eigenvalue weighted by atomic mass is 9.70. The van der Waals surface area contributed by atoms with Gasteiger partial charge in [-0.1, -0.05) is 215 Å². The summed E-state index contributed by atoms with van der Waals surface area (Å²) in [4.78, 5) is 5.03. The molecule has 1 spiro atoms. The van der Waals surface area contributed by atoms with Crippen LogP contribution in [0.3, 0.4) is 0 Å². The molecule has 0 aliphatic heterocycles. The van der Waals surface area contributed by atoms with E-state index in [4.69, 9.17) is 0 Å². The van der Waals surface area contributed by atoms with E-state index in [1.807, 2.05) is 11.3 Å². The van der Waals surface area contributed by atoms with Crippen molar-refractivity contribution < 1.29 is 0 Å². The fraction of sp³-hybridized carbons (Fsp3) is 0.122. The highest BCUT2D eigenvalue weighted by Gasteiger charge is 2.52. The number of aryl methyl sites for hydroxylation is 3. The summed E-state index contributed by atoms with van der Waals surface area (Å²) in [6, 6.07) is 95.1. The first kappa shape index (κ1) is 50.0. The number of thiophene rings is 1. The molecule has 1 heterocycles. The molecule has 13 aromatic rings. The van der Waals surface area contributed by atoms with Gasteiger partial charge in [0.25, 0.3) is 0 Å². The topological polar surface area (TPSA) is 6.48 Å². The van der Waals surface area contributed by atoms with Crippen LogP contribution in [0.5, 0.6) is 0 Å². The summed E-state index contributed by atoms with van der Waals surface area (Å²) in [5, 5.41) is 2.60. The smallest absolute Gasteiger partial charge is 0.0726 e. The summed E-state index contributed by atoms with van der Waals surface area (Å²) in [7, 11) is 0. The van der Waals surface area contributed by atoms with Crippen molar-refractivity contribution in [2.24, 2.45) is 0 Å². The minimum absolute atomic E-state index is 0.147. The van der Waals surface area contributed by atoms with Gasteiger partial charge in [0.05, 0.1) is 11.1 Å². The van der Waals surface area contributed by atoms with E-state index in [0.717, 1.165) is 28.4 Å². The predicted molar refractivity (Wildman–Crippen MR) is 360 cm³/mol. The van der Waals surface area contributed by atoms with E-state index >= 15 is 0 Å². The second kappa shape index (κ2) is 18.0. The van der Waals surface area contributed by atoms with Crippen LogP contribution >= 0.6 is 11.3 Å². The lowest BCUT2D eigenvalue weighted by Gasteiger charge is -2.32. The first-order valence-electron chi connectivity index (χ1n) is 30.1. The van der Waals surface area contributed by atoms with Crippen LogP contribution in [-0.4, -0.2) is 0 Å². The van der Waals surface area contributed by atoms with Gasteiger partial charge in [0.2, 0.25) is 0 Å². The quantitative estimate of drug-likeness (QED) is 0.157. The summed E-state index contributed by atoms with van der Waals surface area (Å²) in [6.45, 7) is 16.3. The number of nitrogens with zero attached hydrogens (tertiary/aromatic N) is 2. The highest BCUT2D eigenvalue weighted by atomic mass is 32.1. The maximum atomic E-state index is 2.53. The molecule has 0 unspecified atom stereocenters. The van der Waals surface area contributed by atoms with Crippen molar-refractivity contribution >= 4 is 65.6 Å². The summed E-state index contributed by atoms with van der Waals surface area (Å²) < 4.78 is 2.58. The molecule has 4 aliphatic carbocycles. The van der Waals surface area contributed by atoms with E-state index in [9.17, 15) is 0 Å². The molecular formula is C82H62N2S. The van der Waals surface area contributed by atoms with Gasteiger partial charge >= 0.3 is 0 Å². The molecule has 85 heavy (non-hydrogen) atoms. The lowest BCUT2D eigenvalue weighted by Crippen LogP contribution is -2.26. The molecule has 0 saturated carbocycles. The van der Waals surface area contributed by atoms with Crippen LogP contribution in [0, 0.1) is 20.8 Å². The molecule has 12 aromatic carbocycles. The molecule has 0 bridgehead atoms. The van der Waals surface area contributed by atoms with Crippen molar-refractivity contribution in [2.45, 2.75) is 64.7 Å². The van der Waals surface area contributed by atoms with E-state index in [0.29, 0.717) is 0 Å². The third-order valence-electron chi connectivity index (χ3n) is 19.9. The molecule has 406 valence electrons. The monoisotopic (exact) mass is 1110 g/mol. The van der Waals surface area contributed by atoms with E-state index in [2.05, 4.69) is 307 Å². The molecule has 0 fully saturated rings. The number of rotatable bonds is 7. The van der Waals surface area contributed by atoms with Crippen LogP contribution < -0.4 is 9.80 Å². The van der Waals surface area contributed by atoms with E-state index in [-0.39, 0.29) is 10.8 Å². The minimum Gasteiger partial charge on any atom is -0.310 e. The fourth-order valence-electron chi connectivity index (χ4n) is 15.9. The third kappa shape index (κ3) is 6.99. The molecule has 4 aliphatic rings. The summed E-state index contributed by atoms with van der Waals surface area (Å²) in [6.07, 6.45) is 0. The summed E-state index contributed by atoms with van der Waals surface area (Å²) >= 11 is 1.87. The molecule has 3 heteroatoms. The van der Waals surface area contributed by atoms with Gasteiger partial charge in [-0.2, -0.15) is 0 Å². The Labute approximate surface area is 502 Å². The van der Waals surface area contributed by atoms with Crippen molar-refractivity contribution in [3.63, 3.8) is 0 Å². The van der Waals surface area contributed by atoms with Crippen LogP contribution in [0.2, 0.25) is 0 Å². The number of hydrogen-bond donors (Lipinski definition) is 0. The Morgan fingerprint density at radius 3 is 1.33 bits per heavy atom. The van der Waals surface area contributed by atoms with Gasteiger partial charge < -0.3 is 9.80 Å². The van der Waals surface area contributed by atoms with Crippen LogP contribution in [0.4, 0.5) is 34.1 Å². The Bertz CT molecular complexity index is 4850. The molecule has 0 amide bonds. The summed E-state index contributed by atoms with van der Waals surface area (Å²) in [5.74, 6) is 0. The maximum absolute atomic E-state index is 2.53. The van der Waals surface area contributed by atoms with E-state index in [1.54, 1.807) is 0 Å². The lowest BCUT2D eigenvalue weighted by molar-refractivity contribution is 0.659. The van der Waals surface area contributed by atoms with Crippen LogP contribution in [0.25, 0.3) is 75.8 Å². The Balaban J connectivity index is 0.801. The summed E-state index contributed by atoms with van der Waals surface area (Å²) in [5.41, 5.74) is 33.7. The molecule has 0 N–H and O–H groups in total. The molecule has 0 radical (unpaired) electrons. The number of fused-ring (bicyclic) bond motifs is 19. The zero-order chi connectivity index (χ0) is 57.3. The van der Waals surface area contributed by atoms with Gasteiger partial charge in [-0.05, 0) is 194 Å². The van der Waals surface area contributed by atoms with Crippen LogP contribution in [-0.2, 0) is 16.2 Å². The van der Waals surface area contributed by atoms with Crippen LogP contribution in [0.15, 0.2) is 249 Å².